The highest BCUT2D eigenvalue weighted by molar-refractivity contribution is 5.79. The molecule has 0 saturated carbocycles. The molecule has 15 heavy (non-hydrogen) atoms. The highest BCUT2D eigenvalue weighted by Gasteiger charge is 2.03. The molecule has 0 fully saturated rings. The predicted octanol–water partition coefficient (Wildman–Crippen LogP) is 3.86. The van der Waals surface area contributed by atoms with Crippen molar-refractivity contribution in [1.82, 2.24) is 0 Å². The Morgan fingerprint density at radius 3 is 2.40 bits per heavy atom. The van der Waals surface area contributed by atoms with Gasteiger partial charge in [-0.15, -0.1) is 0 Å². The lowest BCUT2D eigenvalue weighted by Gasteiger charge is -2.06. The Morgan fingerprint density at radius 2 is 1.93 bits per heavy atom. The first-order valence-electron chi connectivity index (χ1n) is 4.85. The van der Waals surface area contributed by atoms with E-state index in [0.717, 1.165) is 16.8 Å². The third kappa shape index (κ3) is 2.78. The molecule has 0 bridgehead atoms. The summed E-state index contributed by atoms with van der Waals surface area (Å²) < 4.78 is 0. The van der Waals surface area contributed by atoms with Crippen molar-refractivity contribution in [2.75, 3.05) is 0 Å². The first-order chi connectivity index (χ1) is 7.33. The molecule has 0 atom stereocenters. The van der Waals surface area contributed by atoms with Crippen LogP contribution in [0.3, 0.4) is 0 Å². The van der Waals surface area contributed by atoms with Gasteiger partial charge in [-0.25, -0.2) is 0 Å². The number of rotatable bonds is 4. The smallest absolute Gasteiger partial charge is 0.0697 e. The van der Waals surface area contributed by atoms with Gasteiger partial charge in [-0.1, -0.05) is 49.1 Å². The largest absolute Gasteiger partial charge is 0.264 e. The van der Waals surface area contributed by atoms with Crippen LogP contribution in [0.5, 0.6) is 0 Å². The minimum atomic E-state index is 0.846. The van der Waals surface area contributed by atoms with E-state index in [1.807, 2.05) is 37.3 Å². The summed E-state index contributed by atoms with van der Waals surface area (Å²) in [7, 11) is 0. The van der Waals surface area contributed by atoms with Gasteiger partial charge in [0, 0.05) is 5.57 Å². The van der Waals surface area contributed by atoms with Crippen LogP contribution < -0.4 is 0 Å². The first kappa shape index (κ1) is 11.2. The Labute approximate surface area is 91.2 Å². The summed E-state index contributed by atoms with van der Waals surface area (Å²) in [4.78, 5) is 4.00. The second-order valence-electron chi connectivity index (χ2n) is 3.01. The van der Waals surface area contributed by atoms with Crippen molar-refractivity contribution in [3.8, 4) is 0 Å². The van der Waals surface area contributed by atoms with E-state index in [9.17, 15) is 0 Å². The molecule has 1 aromatic carbocycles. The van der Waals surface area contributed by atoms with E-state index in [0.29, 0.717) is 0 Å². The standard InChI is InChI=1S/C14H15N/c1-4-9-14(15-3)13(5-2)12-10-7-6-8-11-12/h4-11H,1,3H2,2H3/b13-5-,14-9+. The van der Waals surface area contributed by atoms with Crippen LogP contribution in [0.15, 0.2) is 65.8 Å². The molecule has 1 rings (SSSR count). The average molecular weight is 197 g/mol. The van der Waals surface area contributed by atoms with Gasteiger partial charge in [-0.2, -0.15) is 0 Å². The van der Waals surface area contributed by atoms with Gasteiger partial charge in [0.2, 0.25) is 0 Å². The molecular formula is C14H15N. The maximum atomic E-state index is 4.00. The van der Waals surface area contributed by atoms with Crippen molar-refractivity contribution >= 4 is 12.3 Å². The molecule has 0 unspecified atom stereocenters. The van der Waals surface area contributed by atoms with Gasteiger partial charge in [-0.05, 0) is 25.3 Å². The van der Waals surface area contributed by atoms with Gasteiger partial charge in [0.1, 0.15) is 0 Å². The molecule has 0 spiro atoms. The first-order valence-corrected chi connectivity index (χ1v) is 4.85. The monoisotopic (exact) mass is 197 g/mol. The van der Waals surface area contributed by atoms with E-state index in [1.165, 1.54) is 0 Å². The summed E-state index contributed by atoms with van der Waals surface area (Å²) in [5.41, 5.74) is 3.06. The van der Waals surface area contributed by atoms with Crippen molar-refractivity contribution < 1.29 is 0 Å². The molecule has 76 valence electrons. The van der Waals surface area contributed by atoms with Gasteiger partial charge in [0.25, 0.3) is 0 Å². The van der Waals surface area contributed by atoms with E-state index in [2.05, 4.69) is 30.4 Å². The van der Waals surface area contributed by atoms with Crippen LogP contribution in [0, 0.1) is 0 Å². The molecule has 0 aliphatic carbocycles. The number of aliphatic imine (C=N–C) groups is 1. The highest BCUT2D eigenvalue weighted by atomic mass is 14.7. The van der Waals surface area contributed by atoms with Crippen molar-refractivity contribution in [2.24, 2.45) is 4.99 Å². The zero-order valence-corrected chi connectivity index (χ0v) is 8.98. The molecule has 1 aromatic rings. The highest BCUT2D eigenvalue weighted by Crippen LogP contribution is 2.23. The predicted molar refractivity (Wildman–Crippen MR) is 67.9 cm³/mol. The van der Waals surface area contributed by atoms with E-state index >= 15 is 0 Å². The van der Waals surface area contributed by atoms with Crippen LogP contribution in [0.1, 0.15) is 12.5 Å². The number of benzene rings is 1. The Hall–Kier alpha value is -1.89. The van der Waals surface area contributed by atoms with Crippen LogP contribution in [0.25, 0.3) is 5.57 Å². The second-order valence-corrected chi connectivity index (χ2v) is 3.01. The molecule has 0 amide bonds. The van der Waals surface area contributed by atoms with E-state index in [4.69, 9.17) is 0 Å². The van der Waals surface area contributed by atoms with Crippen LogP contribution in [0.2, 0.25) is 0 Å². The summed E-state index contributed by atoms with van der Waals surface area (Å²) in [6, 6.07) is 10.1. The molecule has 1 nitrogen and oxygen atoms in total. The van der Waals surface area contributed by atoms with E-state index in [1.54, 1.807) is 6.08 Å². The van der Waals surface area contributed by atoms with Crippen molar-refractivity contribution in [3.05, 3.63) is 66.4 Å². The minimum Gasteiger partial charge on any atom is -0.264 e. The lowest BCUT2D eigenvalue weighted by atomic mass is 10.0. The molecule has 0 radical (unpaired) electrons. The molecule has 0 aliphatic heterocycles. The second kappa shape index (κ2) is 5.76. The van der Waals surface area contributed by atoms with Gasteiger partial charge in [0.15, 0.2) is 0 Å². The number of nitrogens with zero attached hydrogens (tertiary/aromatic N) is 1. The summed E-state index contributed by atoms with van der Waals surface area (Å²) in [5.74, 6) is 0. The Morgan fingerprint density at radius 1 is 1.27 bits per heavy atom. The Balaban J connectivity index is 3.16. The van der Waals surface area contributed by atoms with E-state index in [-0.39, 0.29) is 0 Å². The van der Waals surface area contributed by atoms with Gasteiger partial charge in [-0.3, -0.25) is 4.99 Å². The molecular weight excluding hydrogens is 182 g/mol. The molecule has 1 heteroatoms. The molecule has 0 heterocycles. The molecule has 0 aliphatic rings. The quantitative estimate of drug-likeness (QED) is 0.513. The third-order valence-electron chi connectivity index (χ3n) is 2.10. The van der Waals surface area contributed by atoms with Crippen LogP contribution >= 0.6 is 0 Å². The third-order valence-corrected chi connectivity index (χ3v) is 2.10. The maximum Gasteiger partial charge on any atom is 0.0697 e. The fraction of sp³-hybridized carbons (Fsp3) is 0.0714. The van der Waals surface area contributed by atoms with E-state index < -0.39 is 0 Å². The molecule has 0 aromatic heterocycles. The Kier molecular flexibility index (Phi) is 4.30. The van der Waals surface area contributed by atoms with Crippen molar-refractivity contribution in [3.63, 3.8) is 0 Å². The minimum absolute atomic E-state index is 0.846. The molecule has 0 saturated heterocycles. The maximum absolute atomic E-state index is 4.00. The van der Waals surface area contributed by atoms with Gasteiger partial charge < -0.3 is 0 Å². The summed E-state index contributed by atoms with van der Waals surface area (Å²) in [5, 5.41) is 0. The SMILES string of the molecule is C=C/C=C(N=C)\C(=C/C)c1ccccc1. The number of allylic oxidation sites excluding steroid dienone is 4. The molecule has 0 N–H and O–H groups in total. The normalized spacial score (nSPS) is 12.3. The van der Waals surface area contributed by atoms with Crippen LogP contribution in [0.4, 0.5) is 0 Å². The fourth-order valence-electron chi connectivity index (χ4n) is 1.42. The lowest BCUT2D eigenvalue weighted by Crippen LogP contribution is -1.86. The average Bonchev–Trinajstić information content (AvgIpc) is 2.30. The number of hydrogen-bond donors (Lipinski definition) is 0. The summed E-state index contributed by atoms with van der Waals surface area (Å²) in [6.07, 6.45) is 5.60. The van der Waals surface area contributed by atoms with Crippen LogP contribution in [-0.4, -0.2) is 6.72 Å². The van der Waals surface area contributed by atoms with Crippen molar-refractivity contribution in [2.45, 2.75) is 6.92 Å². The fourth-order valence-corrected chi connectivity index (χ4v) is 1.42. The van der Waals surface area contributed by atoms with Gasteiger partial charge >= 0.3 is 0 Å². The lowest BCUT2D eigenvalue weighted by molar-refractivity contribution is 1.42. The number of hydrogen-bond acceptors (Lipinski definition) is 1. The summed E-state index contributed by atoms with van der Waals surface area (Å²) in [6.45, 7) is 9.23. The van der Waals surface area contributed by atoms with Crippen LogP contribution in [-0.2, 0) is 0 Å². The topological polar surface area (TPSA) is 12.4 Å². The van der Waals surface area contributed by atoms with Gasteiger partial charge in [0.05, 0.1) is 5.70 Å². The Bertz CT molecular complexity index is 397. The summed E-state index contributed by atoms with van der Waals surface area (Å²) >= 11 is 0. The zero-order valence-electron chi connectivity index (χ0n) is 8.98. The van der Waals surface area contributed by atoms with Crippen molar-refractivity contribution in [1.29, 1.82) is 0 Å². The zero-order chi connectivity index (χ0) is 11.1.